The Morgan fingerprint density at radius 2 is 2.21 bits per heavy atom. The summed E-state index contributed by atoms with van der Waals surface area (Å²) in [5.74, 6) is -0.619. The number of likely N-dealkylation sites (tertiary alicyclic amines) is 1. The monoisotopic (exact) mass is 341 g/mol. The molecule has 0 radical (unpaired) electrons. The molecule has 1 aliphatic heterocycles. The Morgan fingerprint density at radius 1 is 1.42 bits per heavy atom. The number of aromatic nitrogens is 4. The van der Waals surface area contributed by atoms with E-state index in [2.05, 4.69) is 10.1 Å². The first kappa shape index (κ1) is 16.5. The lowest BCUT2D eigenvalue weighted by Crippen LogP contribution is -2.41. The molecule has 0 bridgehead atoms. The van der Waals surface area contributed by atoms with Crippen LogP contribution >= 0.6 is 0 Å². The predicted molar refractivity (Wildman–Crippen MR) is 79.3 cm³/mol. The molecule has 9 heteroatoms. The second kappa shape index (κ2) is 6.29. The molecule has 0 unspecified atom stereocenters. The average molecular weight is 341 g/mol. The van der Waals surface area contributed by atoms with Crippen molar-refractivity contribution in [2.24, 2.45) is 0 Å². The minimum atomic E-state index is -4.61. The minimum Gasteiger partial charge on any atom is -0.336 e. The maximum Gasteiger partial charge on any atom is 0.433 e. The van der Waals surface area contributed by atoms with E-state index in [0.717, 1.165) is 23.7 Å². The molecule has 2 aromatic heterocycles. The fourth-order valence-electron chi connectivity index (χ4n) is 3.12. The van der Waals surface area contributed by atoms with E-state index >= 15 is 0 Å². The number of halogens is 3. The summed E-state index contributed by atoms with van der Waals surface area (Å²) in [6.07, 6.45) is 3.11. The van der Waals surface area contributed by atoms with Crippen LogP contribution in [0.1, 0.15) is 41.9 Å². The second-order valence-electron chi connectivity index (χ2n) is 5.78. The topological polar surface area (TPSA) is 56.0 Å². The normalized spacial score (nSPS) is 18.8. The zero-order valence-corrected chi connectivity index (χ0v) is 13.2. The predicted octanol–water partition coefficient (Wildman–Crippen LogP) is 2.60. The highest BCUT2D eigenvalue weighted by atomic mass is 19.4. The van der Waals surface area contributed by atoms with Crippen molar-refractivity contribution in [3.05, 3.63) is 36.2 Å². The fourth-order valence-corrected chi connectivity index (χ4v) is 3.12. The van der Waals surface area contributed by atoms with E-state index in [0.29, 0.717) is 13.1 Å². The van der Waals surface area contributed by atoms with E-state index in [-0.39, 0.29) is 18.2 Å². The largest absolute Gasteiger partial charge is 0.433 e. The summed E-state index contributed by atoms with van der Waals surface area (Å²) in [4.78, 5) is 18.1. The Morgan fingerprint density at radius 3 is 2.83 bits per heavy atom. The lowest BCUT2D eigenvalue weighted by atomic mass is 10.0. The van der Waals surface area contributed by atoms with Gasteiger partial charge in [0.15, 0.2) is 5.69 Å². The summed E-state index contributed by atoms with van der Waals surface area (Å²) in [7, 11) is 0. The first-order chi connectivity index (χ1) is 11.4. The molecule has 1 fully saturated rings. The molecule has 1 atom stereocenters. The summed E-state index contributed by atoms with van der Waals surface area (Å²) < 4.78 is 42.7. The first-order valence-electron chi connectivity index (χ1n) is 7.81. The Hall–Kier alpha value is -2.32. The molecule has 0 spiro atoms. The van der Waals surface area contributed by atoms with Gasteiger partial charge in [0.1, 0.15) is 0 Å². The summed E-state index contributed by atoms with van der Waals surface area (Å²) in [6.45, 7) is 2.43. The quantitative estimate of drug-likeness (QED) is 0.862. The van der Waals surface area contributed by atoms with Gasteiger partial charge in [-0.25, -0.2) is 4.98 Å². The summed E-state index contributed by atoms with van der Waals surface area (Å²) in [5, 5.41) is 3.72. The zero-order valence-electron chi connectivity index (χ0n) is 13.2. The van der Waals surface area contributed by atoms with Crippen molar-refractivity contribution >= 4 is 5.91 Å². The summed E-state index contributed by atoms with van der Waals surface area (Å²) in [6, 6.07) is 0.0285. The number of amides is 1. The van der Waals surface area contributed by atoms with Gasteiger partial charge >= 0.3 is 6.18 Å². The van der Waals surface area contributed by atoms with Crippen molar-refractivity contribution in [3.8, 4) is 0 Å². The van der Waals surface area contributed by atoms with E-state index in [1.807, 2.05) is 4.57 Å². The van der Waals surface area contributed by atoms with Crippen molar-refractivity contribution in [1.82, 2.24) is 24.2 Å². The van der Waals surface area contributed by atoms with Crippen molar-refractivity contribution < 1.29 is 18.0 Å². The van der Waals surface area contributed by atoms with Crippen LogP contribution < -0.4 is 0 Å². The van der Waals surface area contributed by atoms with E-state index in [9.17, 15) is 18.0 Å². The SMILES string of the molecule is CCn1ncc(C(=O)N2CCC[C@@H](n3ccnc3)C2)c1C(F)(F)F. The number of imidazole rings is 1. The molecule has 24 heavy (non-hydrogen) atoms. The van der Waals surface area contributed by atoms with Crippen LogP contribution in [0.3, 0.4) is 0 Å². The van der Waals surface area contributed by atoms with Gasteiger partial charge in [0, 0.05) is 32.0 Å². The van der Waals surface area contributed by atoms with Crippen LogP contribution in [0.15, 0.2) is 24.9 Å². The van der Waals surface area contributed by atoms with Crippen LogP contribution in [-0.2, 0) is 12.7 Å². The van der Waals surface area contributed by atoms with Crippen LogP contribution in [0.4, 0.5) is 13.2 Å². The van der Waals surface area contributed by atoms with Gasteiger partial charge in [0.25, 0.3) is 5.91 Å². The van der Waals surface area contributed by atoms with E-state index in [1.165, 1.54) is 4.90 Å². The van der Waals surface area contributed by atoms with Gasteiger partial charge in [0.05, 0.1) is 24.1 Å². The first-order valence-corrected chi connectivity index (χ1v) is 7.81. The number of nitrogens with zero attached hydrogens (tertiary/aromatic N) is 5. The van der Waals surface area contributed by atoms with Crippen LogP contribution in [0.5, 0.6) is 0 Å². The maximum absolute atomic E-state index is 13.3. The summed E-state index contributed by atoms with van der Waals surface area (Å²) in [5.41, 5.74) is -1.35. The molecule has 2 aromatic rings. The van der Waals surface area contributed by atoms with Crippen molar-refractivity contribution in [3.63, 3.8) is 0 Å². The van der Waals surface area contributed by atoms with Gasteiger partial charge in [-0.05, 0) is 19.8 Å². The number of aryl methyl sites for hydroxylation is 1. The molecule has 1 amide bonds. The van der Waals surface area contributed by atoms with Crippen LogP contribution in [0, 0.1) is 0 Å². The van der Waals surface area contributed by atoms with Gasteiger partial charge < -0.3 is 9.47 Å². The van der Waals surface area contributed by atoms with Gasteiger partial charge in [-0.3, -0.25) is 9.48 Å². The Bertz CT molecular complexity index is 707. The number of alkyl halides is 3. The van der Waals surface area contributed by atoms with Crippen molar-refractivity contribution in [2.45, 2.75) is 38.5 Å². The van der Waals surface area contributed by atoms with E-state index in [1.54, 1.807) is 25.6 Å². The number of hydrogen-bond donors (Lipinski definition) is 0. The smallest absolute Gasteiger partial charge is 0.336 e. The average Bonchev–Trinajstić information content (AvgIpc) is 3.23. The highest BCUT2D eigenvalue weighted by Gasteiger charge is 2.41. The lowest BCUT2D eigenvalue weighted by molar-refractivity contribution is -0.144. The fraction of sp³-hybridized carbons (Fsp3) is 0.533. The molecule has 6 nitrogen and oxygen atoms in total. The van der Waals surface area contributed by atoms with Gasteiger partial charge in [-0.15, -0.1) is 0 Å². The van der Waals surface area contributed by atoms with E-state index < -0.39 is 17.8 Å². The van der Waals surface area contributed by atoms with Crippen LogP contribution in [0.25, 0.3) is 0 Å². The standard InChI is InChI=1S/C15H18F3N5O/c1-2-23-13(15(16,17)18)12(8-20-23)14(24)21-6-3-4-11(9-21)22-7-5-19-10-22/h5,7-8,10-11H,2-4,6,9H2,1H3/t11-/m1/s1. The molecule has 1 aliphatic rings. The number of piperidine rings is 1. The third kappa shape index (κ3) is 3.02. The maximum atomic E-state index is 13.3. The molecule has 0 N–H and O–H groups in total. The third-order valence-electron chi connectivity index (χ3n) is 4.27. The van der Waals surface area contributed by atoms with Gasteiger partial charge in [-0.1, -0.05) is 0 Å². The Kier molecular flexibility index (Phi) is 4.33. The molecule has 0 aromatic carbocycles. The molecule has 0 saturated carbocycles. The molecule has 1 saturated heterocycles. The van der Waals surface area contributed by atoms with Crippen molar-refractivity contribution in [1.29, 1.82) is 0 Å². The molecular weight excluding hydrogens is 323 g/mol. The van der Waals surface area contributed by atoms with Crippen LogP contribution in [-0.4, -0.2) is 43.2 Å². The van der Waals surface area contributed by atoms with Crippen LogP contribution in [0.2, 0.25) is 0 Å². The zero-order chi connectivity index (χ0) is 17.3. The number of carbonyl (C=O) groups excluding carboxylic acids is 1. The van der Waals surface area contributed by atoms with E-state index in [4.69, 9.17) is 0 Å². The third-order valence-corrected chi connectivity index (χ3v) is 4.27. The molecule has 3 heterocycles. The molecule has 0 aliphatic carbocycles. The van der Waals surface area contributed by atoms with Crippen molar-refractivity contribution in [2.75, 3.05) is 13.1 Å². The Labute approximate surface area is 136 Å². The molecule has 3 rings (SSSR count). The minimum absolute atomic E-state index is 0.0285. The molecular formula is C15H18F3N5O. The lowest BCUT2D eigenvalue weighted by Gasteiger charge is -2.33. The highest BCUT2D eigenvalue weighted by Crippen LogP contribution is 2.33. The highest BCUT2D eigenvalue weighted by molar-refractivity contribution is 5.95. The number of carbonyl (C=O) groups is 1. The number of hydrogen-bond acceptors (Lipinski definition) is 3. The van der Waals surface area contributed by atoms with Gasteiger partial charge in [-0.2, -0.15) is 18.3 Å². The summed E-state index contributed by atoms with van der Waals surface area (Å²) >= 11 is 0. The Balaban J connectivity index is 1.85. The van der Waals surface area contributed by atoms with Gasteiger partial charge in [0.2, 0.25) is 0 Å². The second-order valence-corrected chi connectivity index (χ2v) is 5.78. The number of rotatable bonds is 3. The molecule has 130 valence electrons.